The second-order valence-corrected chi connectivity index (χ2v) is 7.86. The van der Waals surface area contributed by atoms with Gasteiger partial charge in [0.1, 0.15) is 0 Å². The lowest BCUT2D eigenvalue weighted by Crippen LogP contribution is -2.49. The Bertz CT molecular complexity index is 304. The van der Waals surface area contributed by atoms with Crippen molar-refractivity contribution in [3.05, 3.63) is 0 Å². The fourth-order valence-electron chi connectivity index (χ4n) is 3.07. The van der Waals surface area contributed by atoms with Gasteiger partial charge in [-0.25, -0.2) is 0 Å². The Morgan fingerprint density at radius 3 is 2.53 bits per heavy atom. The Morgan fingerprint density at radius 1 is 1.32 bits per heavy atom. The highest BCUT2D eigenvalue weighted by molar-refractivity contribution is 4.94. The third-order valence-corrected chi connectivity index (χ3v) is 4.27. The summed E-state index contributed by atoms with van der Waals surface area (Å²) in [6.07, 6.45) is 2.01. The van der Waals surface area contributed by atoms with Gasteiger partial charge in [0.2, 0.25) is 0 Å². The molecule has 0 spiro atoms. The smallest absolute Gasteiger partial charge is 0.0758 e. The number of nitrogens with zero attached hydrogens (tertiary/aromatic N) is 1. The first-order valence-corrected chi connectivity index (χ1v) is 7.47. The van der Waals surface area contributed by atoms with Crippen LogP contribution in [0, 0.1) is 5.41 Å². The van der Waals surface area contributed by atoms with E-state index in [1.165, 1.54) is 0 Å². The second-order valence-electron chi connectivity index (χ2n) is 7.86. The lowest BCUT2D eigenvalue weighted by molar-refractivity contribution is 0.0564. The summed E-state index contributed by atoms with van der Waals surface area (Å²) in [4.78, 5) is 2.40. The molecule has 2 heterocycles. The maximum absolute atomic E-state index is 10.1. The van der Waals surface area contributed by atoms with Crippen molar-refractivity contribution in [1.29, 1.82) is 0 Å². The van der Waals surface area contributed by atoms with E-state index in [-0.39, 0.29) is 11.0 Å². The number of likely N-dealkylation sites (tertiary alicyclic amines) is 1. The monoisotopic (exact) mass is 270 g/mol. The van der Waals surface area contributed by atoms with Crippen molar-refractivity contribution in [3.8, 4) is 0 Å². The van der Waals surface area contributed by atoms with Gasteiger partial charge in [-0.3, -0.25) is 4.90 Å². The minimum atomic E-state index is -0.502. The van der Waals surface area contributed by atoms with Gasteiger partial charge in [0.15, 0.2) is 0 Å². The minimum absolute atomic E-state index is 0.145. The van der Waals surface area contributed by atoms with E-state index in [0.717, 1.165) is 52.2 Å². The van der Waals surface area contributed by atoms with Crippen LogP contribution in [0.15, 0.2) is 0 Å². The van der Waals surface area contributed by atoms with Gasteiger partial charge in [0.05, 0.1) is 12.2 Å². The molecule has 0 aromatic heterocycles. The average molecular weight is 270 g/mol. The van der Waals surface area contributed by atoms with E-state index in [9.17, 15) is 5.11 Å². The molecule has 2 aliphatic heterocycles. The first-order chi connectivity index (χ1) is 8.70. The van der Waals surface area contributed by atoms with Crippen LogP contribution in [-0.2, 0) is 4.74 Å². The van der Waals surface area contributed by atoms with Crippen molar-refractivity contribution in [2.45, 2.75) is 51.7 Å². The molecule has 19 heavy (non-hydrogen) atoms. The number of nitrogens with one attached hydrogen (secondary N) is 1. The van der Waals surface area contributed by atoms with Crippen LogP contribution in [0.1, 0.15) is 40.5 Å². The summed E-state index contributed by atoms with van der Waals surface area (Å²) in [5.41, 5.74) is -0.141. The van der Waals surface area contributed by atoms with Crippen LogP contribution in [-0.4, -0.2) is 60.5 Å². The van der Waals surface area contributed by atoms with Crippen LogP contribution in [0.25, 0.3) is 0 Å². The van der Waals surface area contributed by atoms with Gasteiger partial charge in [0, 0.05) is 43.7 Å². The van der Waals surface area contributed by atoms with Crippen LogP contribution in [0.2, 0.25) is 0 Å². The zero-order valence-electron chi connectivity index (χ0n) is 13.0. The molecule has 2 atom stereocenters. The Labute approximate surface area is 117 Å². The molecule has 2 rings (SSSR count). The molecule has 0 aromatic carbocycles. The molecule has 0 amide bonds. The summed E-state index contributed by atoms with van der Waals surface area (Å²) in [5, 5.41) is 13.7. The van der Waals surface area contributed by atoms with E-state index in [0.29, 0.717) is 0 Å². The molecule has 2 N–H and O–H groups in total. The standard InChI is InChI=1S/C15H30N2O2/c1-13(2,3)16-9-15(6-8-19-12-15)11-17-7-5-14(4,18)10-17/h16,18H,5-12H2,1-4H3. The van der Waals surface area contributed by atoms with Gasteiger partial charge >= 0.3 is 0 Å². The van der Waals surface area contributed by atoms with Crippen molar-refractivity contribution in [3.63, 3.8) is 0 Å². The lowest BCUT2D eigenvalue weighted by atomic mass is 9.85. The van der Waals surface area contributed by atoms with Crippen molar-refractivity contribution < 1.29 is 9.84 Å². The fraction of sp³-hybridized carbons (Fsp3) is 1.00. The zero-order valence-corrected chi connectivity index (χ0v) is 13.0. The van der Waals surface area contributed by atoms with Crippen molar-refractivity contribution in [2.75, 3.05) is 39.4 Å². The fourth-order valence-corrected chi connectivity index (χ4v) is 3.07. The number of β-amino-alcohol motifs (C(OH)–C–C–N with tert-alkyl or cyclic N) is 1. The normalized spacial score (nSPS) is 37.1. The topological polar surface area (TPSA) is 44.7 Å². The molecule has 2 saturated heterocycles. The minimum Gasteiger partial charge on any atom is -0.389 e. The molecule has 0 radical (unpaired) electrons. The lowest BCUT2D eigenvalue weighted by Gasteiger charge is -2.35. The predicted molar refractivity (Wildman–Crippen MR) is 77.3 cm³/mol. The summed E-state index contributed by atoms with van der Waals surface area (Å²) >= 11 is 0. The Kier molecular flexibility index (Phi) is 4.26. The molecular weight excluding hydrogens is 240 g/mol. The molecule has 4 nitrogen and oxygen atoms in total. The zero-order chi connectivity index (χ0) is 14.1. The maximum Gasteiger partial charge on any atom is 0.0758 e. The van der Waals surface area contributed by atoms with Crippen LogP contribution in [0.4, 0.5) is 0 Å². The summed E-state index contributed by atoms with van der Waals surface area (Å²) in [6, 6.07) is 0. The molecule has 0 aliphatic carbocycles. The second kappa shape index (κ2) is 5.32. The number of hydrogen-bond donors (Lipinski definition) is 2. The van der Waals surface area contributed by atoms with Crippen LogP contribution >= 0.6 is 0 Å². The van der Waals surface area contributed by atoms with E-state index in [1.807, 2.05) is 6.92 Å². The third-order valence-electron chi connectivity index (χ3n) is 4.27. The van der Waals surface area contributed by atoms with Gasteiger partial charge in [-0.1, -0.05) is 0 Å². The Hall–Kier alpha value is -0.160. The molecule has 0 bridgehead atoms. The molecule has 112 valence electrons. The van der Waals surface area contributed by atoms with Gasteiger partial charge in [-0.2, -0.15) is 0 Å². The number of aliphatic hydroxyl groups is 1. The molecular formula is C15H30N2O2. The summed E-state index contributed by atoms with van der Waals surface area (Å²) in [7, 11) is 0. The maximum atomic E-state index is 10.1. The Balaban J connectivity index is 1.92. The number of rotatable bonds is 4. The van der Waals surface area contributed by atoms with Crippen LogP contribution in [0.3, 0.4) is 0 Å². The van der Waals surface area contributed by atoms with E-state index < -0.39 is 5.60 Å². The molecule has 0 aromatic rings. The highest BCUT2D eigenvalue weighted by Gasteiger charge is 2.40. The van der Waals surface area contributed by atoms with Gasteiger partial charge in [-0.05, 0) is 40.5 Å². The molecule has 2 unspecified atom stereocenters. The predicted octanol–water partition coefficient (Wildman–Crippen LogP) is 1.24. The van der Waals surface area contributed by atoms with Crippen molar-refractivity contribution >= 4 is 0 Å². The third kappa shape index (κ3) is 4.42. The van der Waals surface area contributed by atoms with E-state index in [1.54, 1.807) is 0 Å². The molecule has 0 saturated carbocycles. The first-order valence-electron chi connectivity index (χ1n) is 7.47. The average Bonchev–Trinajstić information content (AvgIpc) is 2.83. The van der Waals surface area contributed by atoms with E-state index in [2.05, 4.69) is 31.0 Å². The number of ether oxygens (including phenoxy) is 1. The largest absolute Gasteiger partial charge is 0.389 e. The summed E-state index contributed by atoms with van der Waals surface area (Å²) < 4.78 is 5.66. The SMILES string of the molecule is CC1(O)CCN(CC2(CNC(C)(C)C)CCOC2)C1. The van der Waals surface area contributed by atoms with Crippen molar-refractivity contribution in [2.24, 2.45) is 5.41 Å². The van der Waals surface area contributed by atoms with Gasteiger partial charge in [0.25, 0.3) is 0 Å². The van der Waals surface area contributed by atoms with Gasteiger partial charge < -0.3 is 15.2 Å². The molecule has 2 aliphatic rings. The summed E-state index contributed by atoms with van der Waals surface area (Å²) in [6.45, 7) is 14.1. The van der Waals surface area contributed by atoms with Crippen LogP contribution < -0.4 is 5.32 Å². The first kappa shape index (κ1) is 15.2. The quantitative estimate of drug-likeness (QED) is 0.807. The van der Waals surface area contributed by atoms with Crippen LogP contribution in [0.5, 0.6) is 0 Å². The van der Waals surface area contributed by atoms with E-state index in [4.69, 9.17) is 4.74 Å². The van der Waals surface area contributed by atoms with Gasteiger partial charge in [-0.15, -0.1) is 0 Å². The number of hydrogen-bond acceptors (Lipinski definition) is 4. The highest BCUT2D eigenvalue weighted by Crippen LogP contribution is 2.32. The highest BCUT2D eigenvalue weighted by atomic mass is 16.5. The molecule has 2 fully saturated rings. The molecule has 4 heteroatoms. The summed E-state index contributed by atoms with van der Waals surface area (Å²) in [5.74, 6) is 0. The van der Waals surface area contributed by atoms with E-state index >= 15 is 0 Å². The van der Waals surface area contributed by atoms with Crippen molar-refractivity contribution in [1.82, 2.24) is 10.2 Å². The Morgan fingerprint density at radius 2 is 2.05 bits per heavy atom.